The van der Waals surface area contributed by atoms with Gasteiger partial charge in [-0.3, -0.25) is 9.78 Å². The molecule has 7 nitrogen and oxygen atoms in total. The number of aromatic nitrogens is 6. The van der Waals surface area contributed by atoms with Crippen LogP contribution in [0.1, 0.15) is 17.6 Å². The molecule has 0 aliphatic carbocycles. The van der Waals surface area contributed by atoms with Crippen LogP contribution in [-0.4, -0.2) is 30.2 Å². The van der Waals surface area contributed by atoms with E-state index in [4.69, 9.17) is 5.73 Å². The number of nitrogens with two attached hydrogens (primary N) is 1. The summed E-state index contributed by atoms with van der Waals surface area (Å²) >= 11 is 0. The van der Waals surface area contributed by atoms with Crippen molar-refractivity contribution >= 4 is 0 Å². The molecule has 0 aromatic carbocycles. The summed E-state index contributed by atoms with van der Waals surface area (Å²) < 4.78 is 1.64. The zero-order valence-corrected chi connectivity index (χ0v) is 7.75. The number of aromatic amines is 1. The zero-order chi connectivity index (χ0) is 9.97. The van der Waals surface area contributed by atoms with Crippen molar-refractivity contribution in [2.24, 2.45) is 12.8 Å². The molecule has 1 unspecified atom stereocenters. The normalized spacial score (nSPS) is 13.0. The molecule has 0 aliphatic heterocycles. The highest BCUT2D eigenvalue weighted by molar-refractivity contribution is 5.00. The van der Waals surface area contributed by atoms with Crippen LogP contribution >= 0.6 is 0 Å². The summed E-state index contributed by atoms with van der Waals surface area (Å²) in [5, 5.41) is 14.2. The zero-order valence-electron chi connectivity index (χ0n) is 7.75. The van der Waals surface area contributed by atoms with Crippen LogP contribution < -0.4 is 5.73 Å². The lowest BCUT2D eigenvalue weighted by molar-refractivity contribution is 0.656. The number of H-pyrrole nitrogens is 1. The predicted octanol–water partition coefficient (Wildman–Crippen LogP) is -0.824. The van der Waals surface area contributed by atoms with Gasteiger partial charge < -0.3 is 5.73 Å². The monoisotopic (exact) mass is 193 g/mol. The average molecular weight is 193 g/mol. The molecule has 0 amide bonds. The van der Waals surface area contributed by atoms with Crippen molar-refractivity contribution in [3.05, 3.63) is 24.0 Å². The SMILES string of the molecule is Cn1cc(CC(N)c2ncn[nH]2)nn1. The van der Waals surface area contributed by atoms with Crippen molar-refractivity contribution < 1.29 is 0 Å². The molecule has 0 spiro atoms. The maximum atomic E-state index is 5.87. The van der Waals surface area contributed by atoms with E-state index in [1.165, 1.54) is 6.33 Å². The number of rotatable bonds is 3. The van der Waals surface area contributed by atoms with Crippen LogP contribution in [0.2, 0.25) is 0 Å². The molecule has 0 bridgehead atoms. The van der Waals surface area contributed by atoms with Crippen LogP contribution in [0.5, 0.6) is 0 Å². The standard InChI is InChI=1S/C7H11N7/c1-14-3-5(11-13-14)2-6(8)7-9-4-10-12-7/h3-4,6H,2,8H2,1H3,(H,9,10,12). The van der Waals surface area contributed by atoms with Gasteiger partial charge in [-0.15, -0.1) is 5.10 Å². The Morgan fingerprint density at radius 2 is 2.50 bits per heavy atom. The first-order chi connectivity index (χ1) is 6.75. The van der Waals surface area contributed by atoms with Crippen molar-refractivity contribution in [2.45, 2.75) is 12.5 Å². The highest BCUT2D eigenvalue weighted by atomic mass is 15.4. The molecule has 1 atom stereocenters. The van der Waals surface area contributed by atoms with E-state index in [0.29, 0.717) is 12.2 Å². The van der Waals surface area contributed by atoms with Gasteiger partial charge in [-0.2, -0.15) is 5.10 Å². The highest BCUT2D eigenvalue weighted by Gasteiger charge is 2.11. The molecule has 0 saturated carbocycles. The Bertz CT molecular complexity index is 390. The Hall–Kier alpha value is -1.76. The van der Waals surface area contributed by atoms with E-state index in [1.807, 2.05) is 13.2 Å². The van der Waals surface area contributed by atoms with Gasteiger partial charge in [0.25, 0.3) is 0 Å². The number of hydrogen-bond acceptors (Lipinski definition) is 5. The fourth-order valence-corrected chi connectivity index (χ4v) is 1.20. The Morgan fingerprint density at radius 3 is 3.07 bits per heavy atom. The maximum absolute atomic E-state index is 5.87. The summed E-state index contributed by atoms with van der Waals surface area (Å²) in [7, 11) is 1.82. The van der Waals surface area contributed by atoms with Gasteiger partial charge in [0.1, 0.15) is 12.2 Å². The second-order valence-electron chi connectivity index (χ2n) is 3.06. The smallest absolute Gasteiger partial charge is 0.141 e. The van der Waals surface area contributed by atoms with Crippen molar-refractivity contribution in [1.29, 1.82) is 0 Å². The average Bonchev–Trinajstić information content (AvgIpc) is 2.75. The van der Waals surface area contributed by atoms with E-state index in [9.17, 15) is 0 Å². The van der Waals surface area contributed by atoms with E-state index < -0.39 is 0 Å². The molecular weight excluding hydrogens is 182 g/mol. The van der Waals surface area contributed by atoms with Gasteiger partial charge in [0.15, 0.2) is 0 Å². The minimum Gasteiger partial charge on any atom is -0.321 e. The maximum Gasteiger partial charge on any atom is 0.141 e. The minimum atomic E-state index is -0.214. The van der Waals surface area contributed by atoms with Crippen LogP contribution in [0.15, 0.2) is 12.5 Å². The third kappa shape index (κ3) is 1.77. The highest BCUT2D eigenvalue weighted by Crippen LogP contribution is 2.08. The molecule has 2 aromatic heterocycles. The quantitative estimate of drug-likeness (QED) is 0.663. The van der Waals surface area contributed by atoms with Gasteiger partial charge in [0, 0.05) is 19.7 Å². The van der Waals surface area contributed by atoms with Gasteiger partial charge in [-0.1, -0.05) is 5.21 Å². The molecule has 2 heterocycles. The van der Waals surface area contributed by atoms with Crippen LogP contribution in [0.3, 0.4) is 0 Å². The van der Waals surface area contributed by atoms with Gasteiger partial charge >= 0.3 is 0 Å². The Labute approximate surface area is 80.3 Å². The fraction of sp³-hybridized carbons (Fsp3) is 0.429. The molecule has 74 valence electrons. The van der Waals surface area contributed by atoms with Gasteiger partial charge in [0.05, 0.1) is 11.7 Å². The molecular formula is C7H11N7. The number of nitrogens with one attached hydrogen (secondary N) is 1. The molecule has 2 aromatic rings. The first-order valence-corrected chi connectivity index (χ1v) is 4.22. The predicted molar refractivity (Wildman–Crippen MR) is 48.0 cm³/mol. The molecule has 3 N–H and O–H groups in total. The second kappa shape index (κ2) is 3.54. The molecule has 2 rings (SSSR count). The lowest BCUT2D eigenvalue weighted by atomic mass is 10.2. The van der Waals surface area contributed by atoms with Crippen LogP contribution in [0, 0.1) is 0 Å². The van der Waals surface area contributed by atoms with Crippen LogP contribution in [0.25, 0.3) is 0 Å². The fourth-order valence-electron chi connectivity index (χ4n) is 1.20. The minimum absolute atomic E-state index is 0.214. The number of nitrogens with zero attached hydrogens (tertiary/aromatic N) is 5. The molecule has 0 aliphatic rings. The lowest BCUT2D eigenvalue weighted by Crippen LogP contribution is -2.15. The van der Waals surface area contributed by atoms with E-state index in [1.54, 1.807) is 4.68 Å². The van der Waals surface area contributed by atoms with Gasteiger partial charge in [-0.05, 0) is 0 Å². The van der Waals surface area contributed by atoms with Crippen LogP contribution in [-0.2, 0) is 13.5 Å². The van der Waals surface area contributed by atoms with Crippen molar-refractivity contribution in [1.82, 2.24) is 30.2 Å². The first kappa shape index (κ1) is 8.82. The molecule has 0 saturated heterocycles. The second-order valence-corrected chi connectivity index (χ2v) is 3.06. The summed E-state index contributed by atoms with van der Waals surface area (Å²) in [6.45, 7) is 0. The van der Waals surface area contributed by atoms with Crippen LogP contribution in [0.4, 0.5) is 0 Å². The van der Waals surface area contributed by atoms with E-state index in [-0.39, 0.29) is 6.04 Å². The summed E-state index contributed by atoms with van der Waals surface area (Å²) in [5.74, 6) is 0.663. The lowest BCUT2D eigenvalue weighted by Gasteiger charge is -2.04. The van der Waals surface area contributed by atoms with E-state index in [0.717, 1.165) is 5.69 Å². The third-order valence-electron chi connectivity index (χ3n) is 1.86. The van der Waals surface area contributed by atoms with Crippen molar-refractivity contribution in [3.63, 3.8) is 0 Å². The Balaban J connectivity index is 2.05. The Kier molecular flexibility index (Phi) is 2.23. The first-order valence-electron chi connectivity index (χ1n) is 4.22. The van der Waals surface area contributed by atoms with Crippen molar-refractivity contribution in [2.75, 3.05) is 0 Å². The number of aryl methyl sites for hydroxylation is 1. The van der Waals surface area contributed by atoms with Gasteiger partial charge in [0.2, 0.25) is 0 Å². The molecule has 0 radical (unpaired) electrons. The molecule has 14 heavy (non-hydrogen) atoms. The molecule has 7 heteroatoms. The third-order valence-corrected chi connectivity index (χ3v) is 1.86. The van der Waals surface area contributed by atoms with E-state index in [2.05, 4.69) is 25.5 Å². The summed E-state index contributed by atoms with van der Waals surface area (Å²) in [6.07, 6.45) is 3.87. The van der Waals surface area contributed by atoms with E-state index >= 15 is 0 Å². The largest absolute Gasteiger partial charge is 0.321 e. The van der Waals surface area contributed by atoms with Gasteiger partial charge in [-0.25, -0.2) is 4.98 Å². The summed E-state index contributed by atoms with van der Waals surface area (Å²) in [5.41, 5.74) is 6.71. The molecule has 0 fully saturated rings. The summed E-state index contributed by atoms with van der Waals surface area (Å²) in [4.78, 5) is 3.97. The summed E-state index contributed by atoms with van der Waals surface area (Å²) in [6, 6.07) is -0.214. The Morgan fingerprint density at radius 1 is 1.64 bits per heavy atom. The topological polar surface area (TPSA) is 98.3 Å². The number of hydrogen-bond donors (Lipinski definition) is 2. The van der Waals surface area contributed by atoms with Crippen molar-refractivity contribution in [3.8, 4) is 0 Å².